The molecule has 2 aromatic carbocycles. The van der Waals surface area contributed by atoms with Crippen molar-refractivity contribution in [2.45, 2.75) is 31.0 Å². The van der Waals surface area contributed by atoms with Gasteiger partial charge in [0.1, 0.15) is 0 Å². The Bertz CT molecular complexity index is 1440. The van der Waals surface area contributed by atoms with Gasteiger partial charge in [0.25, 0.3) is 23.6 Å². The summed E-state index contributed by atoms with van der Waals surface area (Å²) in [6.07, 6.45) is -4.28. The Morgan fingerprint density at radius 3 is 2.67 bits per heavy atom. The van der Waals surface area contributed by atoms with Crippen molar-refractivity contribution in [3.8, 4) is 0 Å². The molecule has 2 aliphatic rings. The van der Waals surface area contributed by atoms with Gasteiger partial charge >= 0.3 is 0 Å². The lowest BCUT2D eigenvalue weighted by atomic mass is 10.0. The first kappa shape index (κ1) is 26.8. The molecule has 2 fully saturated rings. The van der Waals surface area contributed by atoms with Crippen molar-refractivity contribution < 1.29 is 37.5 Å². The van der Waals surface area contributed by atoms with Crippen LogP contribution in [-0.2, 0) is 14.3 Å². The molecule has 0 radical (unpaired) electrons. The SMILES string of the molecule is Nc1noc2cc(NC(=O)C(O)C3OCCN(c4ccc(Cl)c(C(=O)N5CCC(F)(F)CC5)c4)C3=O)ccc12. The predicted octanol–water partition coefficient (Wildman–Crippen LogP) is 2.67. The Hall–Kier alpha value is -3.81. The number of benzene rings is 2. The molecule has 2 aliphatic heterocycles. The molecular formula is C25H24ClF2N5O6. The average Bonchev–Trinajstić information content (AvgIpc) is 3.28. The fraction of sp³-hybridized carbons (Fsp3) is 0.360. The van der Waals surface area contributed by atoms with E-state index >= 15 is 0 Å². The highest BCUT2D eigenvalue weighted by Crippen LogP contribution is 2.31. The van der Waals surface area contributed by atoms with Crippen LogP contribution < -0.4 is 16.0 Å². The monoisotopic (exact) mass is 563 g/mol. The van der Waals surface area contributed by atoms with Gasteiger partial charge in [-0.25, -0.2) is 8.78 Å². The Labute approximate surface area is 225 Å². The molecule has 206 valence electrons. The molecule has 1 aromatic heterocycles. The Balaban J connectivity index is 1.29. The van der Waals surface area contributed by atoms with Gasteiger partial charge in [0, 0.05) is 49.9 Å². The number of hydrogen-bond donors (Lipinski definition) is 3. The first-order chi connectivity index (χ1) is 18.5. The highest BCUT2D eigenvalue weighted by Gasteiger charge is 2.40. The summed E-state index contributed by atoms with van der Waals surface area (Å²) in [5.74, 6) is -4.76. The van der Waals surface area contributed by atoms with Crippen LogP contribution in [-0.4, -0.2) is 77.3 Å². The summed E-state index contributed by atoms with van der Waals surface area (Å²) in [7, 11) is 0. The third-order valence-corrected chi connectivity index (χ3v) is 7.05. The van der Waals surface area contributed by atoms with Crippen LogP contribution in [0.5, 0.6) is 0 Å². The number of piperidine rings is 1. The molecule has 3 amide bonds. The molecule has 4 N–H and O–H groups in total. The zero-order valence-corrected chi connectivity index (χ0v) is 21.2. The number of halogens is 3. The lowest BCUT2D eigenvalue weighted by molar-refractivity contribution is -0.150. The molecule has 2 unspecified atom stereocenters. The molecule has 3 heterocycles. The number of nitrogens with one attached hydrogen (secondary N) is 1. The second-order valence-corrected chi connectivity index (χ2v) is 9.71. The zero-order chi connectivity index (χ0) is 27.9. The molecule has 14 heteroatoms. The van der Waals surface area contributed by atoms with Crippen LogP contribution in [0.4, 0.5) is 26.0 Å². The standard InChI is InChI=1S/C25H24ClF2N5O6/c26-17-4-2-14(12-16(17)23(36)32-7-5-25(27,28)6-8-32)33-9-10-38-20(24(33)37)19(34)22(35)30-13-1-3-15-18(11-13)39-31-21(15)29/h1-4,11-12,19-20,34H,5-10H2,(H2,29,31)(H,30,35). The van der Waals surface area contributed by atoms with E-state index < -0.39 is 48.7 Å². The van der Waals surface area contributed by atoms with Gasteiger partial charge in [-0.15, -0.1) is 0 Å². The molecule has 2 atom stereocenters. The van der Waals surface area contributed by atoms with Gasteiger partial charge in [0.05, 0.1) is 22.6 Å². The number of nitrogen functional groups attached to an aromatic ring is 1. The highest BCUT2D eigenvalue weighted by molar-refractivity contribution is 6.34. The fourth-order valence-electron chi connectivity index (χ4n) is 4.53. The van der Waals surface area contributed by atoms with E-state index in [1.807, 2.05) is 0 Å². The van der Waals surface area contributed by atoms with Gasteiger partial charge < -0.3 is 35.2 Å². The summed E-state index contributed by atoms with van der Waals surface area (Å²) >= 11 is 6.24. The molecule has 2 saturated heterocycles. The summed E-state index contributed by atoms with van der Waals surface area (Å²) < 4.78 is 37.6. The summed E-state index contributed by atoms with van der Waals surface area (Å²) in [6, 6.07) is 8.91. The molecule has 5 rings (SSSR count). The molecule has 0 bridgehead atoms. The Kier molecular flexibility index (Phi) is 7.14. The minimum absolute atomic E-state index is 0.00282. The van der Waals surface area contributed by atoms with E-state index in [4.69, 9.17) is 26.6 Å². The summed E-state index contributed by atoms with van der Waals surface area (Å²) in [4.78, 5) is 41.6. The maximum Gasteiger partial charge on any atom is 0.259 e. The van der Waals surface area contributed by atoms with Gasteiger partial charge in [-0.2, -0.15) is 0 Å². The molecule has 0 spiro atoms. The Morgan fingerprint density at radius 2 is 1.92 bits per heavy atom. The largest absolute Gasteiger partial charge is 0.380 e. The number of aliphatic hydroxyl groups excluding tert-OH is 1. The van der Waals surface area contributed by atoms with Crippen LogP contribution in [0.3, 0.4) is 0 Å². The number of carbonyl (C=O) groups excluding carboxylic acids is 3. The maximum absolute atomic E-state index is 13.5. The molecule has 0 aliphatic carbocycles. The van der Waals surface area contributed by atoms with Crippen molar-refractivity contribution in [1.82, 2.24) is 10.1 Å². The number of carbonyl (C=O) groups is 3. The van der Waals surface area contributed by atoms with E-state index in [1.54, 1.807) is 6.07 Å². The zero-order valence-electron chi connectivity index (χ0n) is 20.4. The summed E-state index contributed by atoms with van der Waals surface area (Å²) in [6.45, 7) is -0.165. The van der Waals surface area contributed by atoms with E-state index in [2.05, 4.69) is 10.5 Å². The van der Waals surface area contributed by atoms with Crippen molar-refractivity contribution in [1.29, 1.82) is 0 Å². The minimum Gasteiger partial charge on any atom is -0.380 e. The average molecular weight is 564 g/mol. The van der Waals surface area contributed by atoms with Gasteiger partial charge in [0.15, 0.2) is 23.6 Å². The molecule has 3 aromatic rings. The van der Waals surface area contributed by atoms with E-state index in [9.17, 15) is 28.3 Å². The second kappa shape index (κ2) is 10.4. The third-order valence-electron chi connectivity index (χ3n) is 6.72. The second-order valence-electron chi connectivity index (χ2n) is 9.31. The normalized spacial score (nSPS) is 20.2. The van der Waals surface area contributed by atoms with Crippen molar-refractivity contribution in [2.75, 3.05) is 42.2 Å². The lowest BCUT2D eigenvalue weighted by Gasteiger charge is -2.35. The fourth-order valence-corrected chi connectivity index (χ4v) is 4.73. The third kappa shape index (κ3) is 5.37. The number of ether oxygens (including phenoxy) is 1. The number of rotatable bonds is 5. The van der Waals surface area contributed by atoms with Crippen LogP contribution >= 0.6 is 11.6 Å². The number of fused-ring (bicyclic) bond motifs is 1. The van der Waals surface area contributed by atoms with Gasteiger partial charge in [-0.1, -0.05) is 16.8 Å². The van der Waals surface area contributed by atoms with Crippen LogP contribution in [0.2, 0.25) is 5.02 Å². The number of hydrogen-bond acceptors (Lipinski definition) is 8. The number of alkyl halides is 2. The van der Waals surface area contributed by atoms with Crippen LogP contribution in [0.25, 0.3) is 11.0 Å². The van der Waals surface area contributed by atoms with Crippen LogP contribution in [0.1, 0.15) is 23.2 Å². The minimum atomic E-state index is -2.82. The van der Waals surface area contributed by atoms with Crippen molar-refractivity contribution in [3.63, 3.8) is 0 Å². The van der Waals surface area contributed by atoms with E-state index in [0.717, 1.165) is 0 Å². The highest BCUT2D eigenvalue weighted by atomic mass is 35.5. The predicted molar refractivity (Wildman–Crippen MR) is 137 cm³/mol. The van der Waals surface area contributed by atoms with E-state index in [0.29, 0.717) is 11.0 Å². The van der Waals surface area contributed by atoms with Crippen LogP contribution in [0, 0.1) is 0 Å². The number of aliphatic hydroxyl groups is 1. The summed E-state index contributed by atoms with van der Waals surface area (Å²) in [5, 5.41) is 17.5. The number of anilines is 3. The number of likely N-dealkylation sites (tertiary alicyclic amines) is 1. The van der Waals surface area contributed by atoms with Crippen molar-refractivity contribution >= 4 is 57.5 Å². The first-order valence-corrected chi connectivity index (χ1v) is 12.5. The quantitative estimate of drug-likeness (QED) is 0.428. The smallest absolute Gasteiger partial charge is 0.259 e. The topological polar surface area (TPSA) is 151 Å². The molecule has 0 saturated carbocycles. The Morgan fingerprint density at radius 1 is 1.18 bits per heavy atom. The number of amides is 3. The van der Waals surface area contributed by atoms with Crippen molar-refractivity contribution in [2.24, 2.45) is 0 Å². The molecule has 39 heavy (non-hydrogen) atoms. The molecule has 11 nitrogen and oxygen atoms in total. The van der Waals surface area contributed by atoms with Gasteiger partial charge in [-0.05, 0) is 30.3 Å². The van der Waals surface area contributed by atoms with E-state index in [-0.39, 0.29) is 54.0 Å². The first-order valence-electron chi connectivity index (χ1n) is 12.1. The summed E-state index contributed by atoms with van der Waals surface area (Å²) in [5.41, 5.74) is 6.62. The van der Waals surface area contributed by atoms with Crippen LogP contribution in [0.15, 0.2) is 40.9 Å². The van der Waals surface area contributed by atoms with Gasteiger partial charge in [-0.3, -0.25) is 14.4 Å². The number of nitrogens with zero attached hydrogens (tertiary/aromatic N) is 3. The number of nitrogens with two attached hydrogens (primary N) is 1. The molecular weight excluding hydrogens is 540 g/mol. The van der Waals surface area contributed by atoms with Crippen molar-refractivity contribution in [3.05, 3.63) is 47.0 Å². The van der Waals surface area contributed by atoms with E-state index in [1.165, 1.54) is 40.1 Å². The maximum atomic E-state index is 13.5. The number of aromatic nitrogens is 1. The van der Waals surface area contributed by atoms with Gasteiger partial charge in [0.2, 0.25) is 0 Å². The number of morpholine rings is 1. The lowest BCUT2D eigenvalue weighted by Crippen LogP contribution is -2.55.